The smallest absolute Gasteiger partial charge is 0.283 e. The number of benzene rings is 1. The van der Waals surface area contributed by atoms with Crippen molar-refractivity contribution in [2.45, 2.75) is 44.3 Å². The van der Waals surface area contributed by atoms with Crippen molar-refractivity contribution >= 4 is 11.8 Å². The molecule has 10 heteroatoms. The number of fused-ring (bicyclic) bond motifs is 1. The van der Waals surface area contributed by atoms with Gasteiger partial charge >= 0.3 is 0 Å². The second kappa shape index (κ2) is 7.58. The average molecular weight is 439 g/mol. The lowest BCUT2D eigenvalue weighted by atomic mass is 9.83. The van der Waals surface area contributed by atoms with E-state index in [9.17, 15) is 26.7 Å². The van der Waals surface area contributed by atoms with Crippen molar-refractivity contribution in [3.05, 3.63) is 64.2 Å². The first-order chi connectivity index (χ1) is 14.6. The summed E-state index contributed by atoms with van der Waals surface area (Å²) in [6, 6.07) is 4.22. The van der Waals surface area contributed by atoms with Crippen LogP contribution in [0.3, 0.4) is 0 Å². The number of aliphatic imine (C=N–C) groups is 1. The molecule has 0 unspecified atom stereocenters. The Kier molecular flexibility index (Phi) is 5.18. The second-order valence-electron chi connectivity index (χ2n) is 7.72. The molecule has 0 bridgehead atoms. The number of halogens is 5. The van der Waals surface area contributed by atoms with Crippen LogP contribution in [0.25, 0.3) is 0 Å². The average Bonchev–Trinajstić information content (AvgIpc) is 3.48. The quantitative estimate of drug-likeness (QED) is 0.544. The number of amidine groups is 1. The van der Waals surface area contributed by atoms with Gasteiger partial charge in [0, 0.05) is 29.7 Å². The highest BCUT2D eigenvalue weighted by molar-refractivity contribution is 5.97. The van der Waals surface area contributed by atoms with E-state index in [2.05, 4.69) is 9.98 Å². The number of aryl methyl sites for hydroxylation is 1. The summed E-state index contributed by atoms with van der Waals surface area (Å²) >= 11 is 0. The van der Waals surface area contributed by atoms with Crippen molar-refractivity contribution in [1.82, 2.24) is 4.98 Å². The molecule has 1 fully saturated rings. The molecule has 0 saturated heterocycles. The number of pyridine rings is 1. The lowest BCUT2D eigenvalue weighted by Crippen LogP contribution is -2.43. The minimum Gasteiger partial charge on any atom is -0.462 e. The van der Waals surface area contributed by atoms with Crippen molar-refractivity contribution < 1.29 is 31.5 Å². The SMILES string of the molecule is Cc1cc(C(F)F)cnc1C(=O)Cc1ccc(F)c([C@@]2(C(F)F)N=C(N)O[C@@H]3C[C@@H]32)c1. The summed E-state index contributed by atoms with van der Waals surface area (Å²) in [5.41, 5.74) is 3.20. The number of Topliss-reactive ketones (excluding diaryl/α,β-unsaturated/α-hetero) is 1. The third-order valence-electron chi connectivity index (χ3n) is 5.64. The summed E-state index contributed by atoms with van der Waals surface area (Å²) in [4.78, 5) is 20.3. The van der Waals surface area contributed by atoms with E-state index in [0.717, 1.165) is 12.3 Å². The molecule has 2 N–H and O–H groups in total. The molecular formula is C21H18F5N3O2. The first-order valence-corrected chi connectivity index (χ1v) is 9.50. The minimum atomic E-state index is -3.05. The predicted molar refractivity (Wildman–Crippen MR) is 101 cm³/mol. The predicted octanol–water partition coefficient (Wildman–Crippen LogP) is 4.09. The van der Waals surface area contributed by atoms with Crippen LogP contribution >= 0.6 is 0 Å². The van der Waals surface area contributed by atoms with Crippen LogP contribution in [0.1, 0.15) is 45.6 Å². The molecule has 1 aromatic carbocycles. The maximum absolute atomic E-state index is 14.7. The van der Waals surface area contributed by atoms with Crippen LogP contribution < -0.4 is 5.73 Å². The van der Waals surface area contributed by atoms with Crippen molar-refractivity contribution in [3.8, 4) is 0 Å². The van der Waals surface area contributed by atoms with Gasteiger partial charge in [0.05, 0.1) is 0 Å². The largest absolute Gasteiger partial charge is 0.462 e. The maximum Gasteiger partial charge on any atom is 0.283 e. The molecule has 0 radical (unpaired) electrons. The van der Waals surface area contributed by atoms with Gasteiger partial charge in [-0.1, -0.05) is 6.07 Å². The first-order valence-electron chi connectivity index (χ1n) is 9.50. The van der Waals surface area contributed by atoms with Crippen LogP contribution in [-0.4, -0.2) is 29.3 Å². The molecule has 31 heavy (non-hydrogen) atoms. The number of carbonyl (C=O) groups excluding carboxylic acids is 1. The van der Waals surface area contributed by atoms with Crippen LogP contribution in [0, 0.1) is 18.7 Å². The van der Waals surface area contributed by atoms with Crippen molar-refractivity contribution in [3.63, 3.8) is 0 Å². The Balaban J connectivity index is 1.67. The molecule has 164 valence electrons. The number of aromatic nitrogens is 1. The van der Waals surface area contributed by atoms with E-state index in [1.165, 1.54) is 25.1 Å². The molecule has 1 aliphatic heterocycles. The maximum atomic E-state index is 14.7. The van der Waals surface area contributed by atoms with Crippen LogP contribution in [0.15, 0.2) is 35.5 Å². The third kappa shape index (κ3) is 3.64. The monoisotopic (exact) mass is 439 g/mol. The fourth-order valence-electron chi connectivity index (χ4n) is 4.07. The highest BCUT2D eigenvalue weighted by Crippen LogP contribution is 2.56. The fourth-order valence-corrected chi connectivity index (χ4v) is 4.07. The second-order valence-corrected chi connectivity index (χ2v) is 7.72. The number of ketones is 1. The molecule has 1 aliphatic carbocycles. The zero-order chi connectivity index (χ0) is 22.5. The number of rotatable bonds is 6. The Bertz CT molecular complexity index is 1070. The number of hydrogen-bond donors (Lipinski definition) is 1. The zero-order valence-electron chi connectivity index (χ0n) is 16.3. The van der Waals surface area contributed by atoms with E-state index in [1.807, 2.05) is 0 Å². The molecule has 2 aliphatic rings. The van der Waals surface area contributed by atoms with E-state index in [4.69, 9.17) is 10.5 Å². The molecule has 0 amide bonds. The topological polar surface area (TPSA) is 77.6 Å². The van der Waals surface area contributed by atoms with Gasteiger partial charge in [-0.3, -0.25) is 9.78 Å². The van der Waals surface area contributed by atoms with Crippen molar-refractivity contribution in [1.29, 1.82) is 0 Å². The lowest BCUT2D eigenvalue weighted by Gasteiger charge is -2.33. The summed E-state index contributed by atoms with van der Waals surface area (Å²) in [5, 5.41) is 0. The number of ether oxygens (including phenoxy) is 1. The van der Waals surface area contributed by atoms with E-state index in [1.54, 1.807) is 0 Å². The van der Waals surface area contributed by atoms with Gasteiger partial charge in [0.1, 0.15) is 17.6 Å². The minimum absolute atomic E-state index is 0.0190. The van der Waals surface area contributed by atoms with Gasteiger partial charge in [0.2, 0.25) is 0 Å². The fraction of sp³-hybridized carbons (Fsp3) is 0.381. The molecule has 1 aromatic heterocycles. The summed E-state index contributed by atoms with van der Waals surface area (Å²) < 4.78 is 73.8. The molecule has 1 saturated carbocycles. The van der Waals surface area contributed by atoms with E-state index in [0.29, 0.717) is 0 Å². The molecule has 4 rings (SSSR count). The Morgan fingerprint density at radius 2 is 2.03 bits per heavy atom. The zero-order valence-corrected chi connectivity index (χ0v) is 16.3. The number of carbonyl (C=O) groups is 1. The van der Waals surface area contributed by atoms with Crippen LogP contribution in [0.5, 0.6) is 0 Å². The van der Waals surface area contributed by atoms with Gasteiger partial charge in [0.15, 0.2) is 11.3 Å². The summed E-state index contributed by atoms with van der Waals surface area (Å²) in [6.07, 6.45) is -5.43. The highest BCUT2D eigenvalue weighted by atomic mass is 19.3. The molecule has 2 aromatic rings. The Hall–Kier alpha value is -3.04. The summed E-state index contributed by atoms with van der Waals surface area (Å²) in [7, 11) is 0. The normalized spacial score (nSPS) is 24.6. The number of alkyl halides is 4. The molecular weight excluding hydrogens is 421 g/mol. The van der Waals surface area contributed by atoms with E-state index >= 15 is 0 Å². The van der Waals surface area contributed by atoms with Gasteiger partial charge in [-0.15, -0.1) is 0 Å². The molecule has 5 nitrogen and oxygen atoms in total. The van der Waals surface area contributed by atoms with Crippen molar-refractivity contribution in [2.24, 2.45) is 16.6 Å². The van der Waals surface area contributed by atoms with Crippen LogP contribution in [0.4, 0.5) is 22.0 Å². The summed E-state index contributed by atoms with van der Waals surface area (Å²) in [6.45, 7) is 1.47. The van der Waals surface area contributed by atoms with Gasteiger partial charge in [-0.25, -0.2) is 26.9 Å². The number of nitrogens with two attached hydrogens (primary N) is 1. The number of hydrogen-bond acceptors (Lipinski definition) is 5. The Morgan fingerprint density at radius 1 is 1.29 bits per heavy atom. The van der Waals surface area contributed by atoms with E-state index in [-0.39, 0.29) is 40.8 Å². The number of nitrogens with zero attached hydrogens (tertiary/aromatic N) is 2. The molecule has 0 spiro atoms. The Labute approximate surface area is 174 Å². The van der Waals surface area contributed by atoms with Crippen molar-refractivity contribution in [2.75, 3.05) is 0 Å². The molecule has 3 atom stereocenters. The van der Waals surface area contributed by atoms with Gasteiger partial charge in [0.25, 0.3) is 18.9 Å². The Morgan fingerprint density at radius 3 is 2.68 bits per heavy atom. The highest BCUT2D eigenvalue weighted by Gasteiger charge is 2.64. The van der Waals surface area contributed by atoms with E-state index < -0.39 is 48.0 Å². The molecule has 2 heterocycles. The van der Waals surface area contributed by atoms with Crippen LogP contribution in [0.2, 0.25) is 0 Å². The van der Waals surface area contributed by atoms with Gasteiger partial charge in [-0.2, -0.15) is 0 Å². The van der Waals surface area contributed by atoms with Gasteiger partial charge in [-0.05, 0) is 42.7 Å². The van der Waals surface area contributed by atoms with Crippen LogP contribution in [-0.2, 0) is 16.7 Å². The first kappa shape index (κ1) is 21.2. The lowest BCUT2D eigenvalue weighted by molar-refractivity contribution is 0.0176. The third-order valence-corrected chi connectivity index (χ3v) is 5.64. The standard InChI is InChI=1S/C21H18F5N3O2/c1-9-4-11(18(23)24)8-28-17(9)15(30)6-10-2-3-14(22)12(5-10)21(19(25)26)13-7-16(13)31-20(27)29-21/h2-5,8,13,16,18-19H,6-7H2,1H3,(H2,27,29)/t13-,16+,21+/m0/s1. The van der Waals surface area contributed by atoms with Gasteiger partial charge < -0.3 is 10.5 Å². The summed E-state index contributed by atoms with van der Waals surface area (Å²) in [5.74, 6) is -2.14.